The van der Waals surface area contributed by atoms with Gasteiger partial charge in [-0.15, -0.1) is 0 Å². The lowest BCUT2D eigenvalue weighted by Crippen LogP contribution is -2.14. The zero-order valence-electron chi connectivity index (χ0n) is 10.7. The van der Waals surface area contributed by atoms with Crippen LogP contribution >= 0.6 is 31.9 Å². The number of ketones is 1. The Hall–Kier alpha value is -1.97. The van der Waals surface area contributed by atoms with Crippen LogP contribution in [-0.2, 0) is 0 Å². The maximum absolute atomic E-state index is 12.1. The largest absolute Gasteiger partial charge is 0.286 e. The van der Waals surface area contributed by atoms with E-state index in [1.807, 2.05) is 18.2 Å². The maximum Gasteiger partial charge on any atom is 0.223 e. The normalized spacial score (nSPS) is 10.8. The summed E-state index contributed by atoms with van der Waals surface area (Å²) >= 11 is 6.62. The van der Waals surface area contributed by atoms with E-state index in [-0.39, 0.29) is 5.71 Å². The first-order valence-corrected chi connectivity index (χ1v) is 7.48. The van der Waals surface area contributed by atoms with Gasteiger partial charge in [-0.2, -0.15) is 10.4 Å². The molecule has 104 valence electrons. The van der Waals surface area contributed by atoms with Gasteiger partial charge in [0.15, 0.2) is 0 Å². The van der Waals surface area contributed by atoms with Gasteiger partial charge in [-0.1, -0.05) is 31.9 Å². The van der Waals surface area contributed by atoms with Gasteiger partial charge in [0.2, 0.25) is 11.5 Å². The molecule has 0 aliphatic carbocycles. The molecule has 0 aromatic heterocycles. The molecule has 0 radical (unpaired) electrons. The van der Waals surface area contributed by atoms with Crippen molar-refractivity contribution in [1.29, 1.82) is 5.26 Å². The summed E-state index contributed by atoms with van der Waals surface area (Å²) < 4.78 is 1.80. The van der Waals surface area contributed by atoms with Gasteiger partial charge in [0.25, 0.3) is 0 Å². The van der Waals surface area contributed by atoms with Gasteiger partial charge < -0.3 is 0 Å². The molecule has 2 aromatic carbocycles. The molecule has 2 rings (SSSR count). The number of carbonyl (C=O) groups is 1. The zero-order valence-corrected chi connectivity index (χ0v) is 13.8. The fourth-order valence-electron chi connectivity index (χ4n) is 1.51. The van der Waals surface area contributed by atoms with Crippen LogP contribution in [0.25, 0.3) is 0 Å². The third-order valence-electron chi connectivity index (χ3n) is 2.57. The number of benzene rings is 2. The number of hydrazone groups is 1. The highest BCUT2D eigenvalue weighted by Crippen LogP contribution is 2.14. The topological polar surface area (TPSA) is 65.2 Å². The van der Waals surface area contributed by atoms with Crippen LogP contribution in [0.1, 0.15) is 10.4 Å². The minimum absolute atomic E-state index is 0.194. The number of nitriles is 1. The monoisotopic (exact) mass is 405 g/mol. The standard InChI is InChI=1S/C15H9Br2N3O/c16-11-3-1-10(2-4-11)15(21)14(9-18)20-19-13-7-5-12(17)6-8-13/h1-8,19H/b20-14+. The third kappa shape index (κ3) is 4.25. The zero-order chi connectivity index (χ0) is 15.2. The predicted octanol–water partition coefficient (Wildman–Crippen LogP) is 4.39. The SMILES string of the molecule is N#C/C(=N\Nc1ccc(Br)cc1)C(=O)c1ccc(Br)cc1. The van der Waals surface area contributed by atoms with Crippen LogP contribution in [0.4, 0.5) is 5.69 Å². The van der Waals surface area contributed by atoms with Crippen LogP contribution in [0.15, 0.2) is 62.6 Å². The molecule has 0 heterocycles. The van der Waals surface area contributed by atoms with E-state index >= 15 is 0 Å². The number of Topliss-reactive ketones (excluding diaryl/α,β-unsaturated/α-hetero) is 1. The lowest BCUT2D eigenvalue weighted by atomic mass is 10.1. The molecule has 0 unspecified atom stereocenters. The lowest BCUT2D eigenvalue weighted by Gasteiger charge is -2.02. The number of carbonyl (C=O) groups excluding carboxylic acids is 1. The van der Waals surface area contributed by atoms with Gasteiger partial charge in [-0.3, -0.25) is 10.2 Å². The van der Waals surface area contributed by atoms with Crippen LogP contribution in [0.5, 0.6) is 0 Å². The number of nitrogens with zero attached hydrogens (tertiary/aromatic N) is 2. The molecule has 0 fully saturated rings. The van der Waals surface area contributed by atoms with Crippen LogP contribution in [0, 0.1) is 11.3 Å². The van der Waals surface area contributed by atoms with Gasteiger partial charge in [0.1, 0.15) is 6.07 Å². The molecule has 0 bridgehead atoms. The van der Waals surface area contributed by atoms with Gasteiger partial charge in [0.05, 0.1) is 5.69 Å². The summed E-state index contributed by atoms with van der Waals surface area (Å²) in [5.41, 5.74) is 3.61. The number of hydrogen-bond donors (Lipinski definition) is 1. The number of hydrogen-bond acceptors (Lipinski definition) is 4. The van der Waals surface area contributed by atoms with Gasteiger partial charge >= 0.3 is 0 Å². The molecule has 0 aliphatic rings. The van der Waals surface area contributed by atoms with Crippen molar-refractivity contribution in [2.45, 2.75) is 0 Å². The molecule has 0 saturated heterocycles. The Morgan fingerprint density at radius 3 is 2.05 bits per heavy atom. The fraction of sp³-hybridized carbons (Fsp3) is 0. The molecule has 21 heavy (non-hydrogen) atoms. The second kappa shape index (κ2) is 7.16. The first-order chi connectivity index (χ1) is 10.1. The Bertz CT molecular complexity index is 716. The van der Waals surface area contributed by atoms with E-state index in [9.17, 15) is 4.79 Å². The first kappa shape index (κ1) is 15.4. The Kier molecular flexibility index (Phi) is 5.26. The van der Waals surface area contributed by atoms with Crippen LogP contribution in [-0.4, -0.2) is 11.5 Å². The van der Waals surface area contributed by atoms with Crippen molar-refractivity contribution in [2.75, 3.05) is 5.43 Å². The average molecular weight is 407 g/mol. The lowest BCUT2D eigenvalue weighted by molar-refractivity contribution is 0.106. The Morgan fingerprint density at radius 1 is 1.00 bits per heavy atom. The average Bonchev–Trinajstić information content (AvgIpc) is 2.50. The van der Waals surface area contributed by atoms with Gasteiger partial charge in [-0.05, 0) is 48.5 Å². The smallest absolute Gasteiger partial charge is 0.223 e. The summed E-state index contributed by atoms with van der Waals surface area (Å²) in [5, 5.41) is 12.9. The molecule has 2 aromatic rings. The number of halogens is 2. The number of nitrogens with one attached hydrogen (secondary N) is 1. The number of rotatable bonds is 4. The fourth-order valence-corrected chi connectivity index (χ4v) is 2.04. The predicted molar refractivity (Wildman–Crippen MR) is 89.3 cm³/mol. The summed E-state index contributed by atoms with van der Waals surface area (Å²) in [6.07, 6.45) is 0. The second-order valence-electron chi connectivity index (χ2n) is 4.03. The van der Waals surface area contributed by atoms with Crippen molar-refractivity contribution in [3.05, 3.63) is 63.0 Å². The Balaban J connectivity index is 2.17. The molecule has 0 amide bonds. The summed E-state index contributed by atoms with van der Waals surface area (Å²) in [6.45, 7) is 0. The highest BCUT2D eigenvalue weighted by Gasteiger charge is 2.13. The van der Waals surface area contributed by atoms with E-state index in [1.54, 1.807) is 36.4 Å². The molecular formula is C15H9Br2N3O. The summed E-state index contributed by atoms with van der Waals surface area (Å²) in [6, 6.07) is 15.8. The second-order valence-corrected chi connectivity index (χ2v) is 5.86. The number of anilines is 1. The van der Waals surface area contributed by atoms with E-state index < -0.39 is 5.78 Å². The van der Waals surface area contributed by atoms with Crippen molar-refractivity contribution >= 4 is 49.0 Å². The molecular weight excluding hydrogens is 398 g/mol. The maximum atomic E-state index is 12.1. The van der Waals surface area contributed by atoms with E-state index in [2.05, 4.69) is 42.4 Å². The highest BCUT2D eigenvalue weighted by molar-refractivity contribution is 9.10. The minimum Gasteiger partial charge on any atom is -0.286 e. The Labute approximate surface area is 138 Å². The molecule has 0 saturated carbocycles. The van der Waals surface area contributed by atoms with Crippen LogP contribution in [0.2, 0.25) is 0 Å². The van der Waals surface area contributed by atoms with Crippen molar-refractivity contribution < 1.29 is 4.79 Å². The molecule has 4 nitrogen and oxygen atoms in total. The summed E-state index contributed by atoms with van der Waals surface area (Å²) in [5.74, 6) is -0.422. The van der Waals surface area contributed by atoms with Crippen LogP contribution < -0.4 is 5.43 Å². The third-order valence-corrected chi connectivity index (χ3v) is 3.63. The van der Waals surface area contributed by atoms with E-state index in [0.29, 0.717) is 11.3 Å². The van der Waals surface area contributed by atoms with Crippen LogP contribution in [0.3, 0.4) is 0 Å². The molecule has 6 heteroatoms. The van der Waals surface area contributed by atoms with E-state index in [4.69, 9.17) is 5.26 Å². The molecule has 0 atom stereocenters. The summed E-state index contributed by atoms with van der Waals surface area (Å²) in [4.78, 5) is 12.1. The van der Waals surface area contributed by atoms with Gasteiger partial charge in [-0.25, -0.2) is 0 Å². The molecule has 0 aliphatic heterocycles. The van der Waals surface area contributed by atoms with Crippen molar-refractivity contribution in [1.82, 2.24) is 0 Å². The van der Waals surface area contributed by atoms with Crippen molar-refractivity contribution in [2.24, 2.45) is 5.10 Å². The summed E-state index contributed by atoms with van der Waals surface area (Å²) in [7, 11) is 0. The van der Waals surface area contributed by atoms with Crippen molar-refractivity contribution in [3.63, 3.8) is 0 Å². The minimum atomic E-state index is -0.422. The quantitative estimate of drug-likeness (QED) is 0.465. The Morgan fingerprint density at radius 2 is 1.52 bits per heavy atom. The van der Waals surface area contributed by atoms with E-state index in [0.717, 1.165) is 8.95 Å². The first-order valence-electron chi connectivity index (χ1n) is 5.90. The van der Waals surface area contributed by atoms with Crippen molar-refractivity contribution in [3.8, 4) is 6.07 Å². The highest BCUT2D eigenvalue weighted by atomic mass is 79.9. The molecule has 1 N–H and O–H groups in total. The van der Waals surface area contributed by atoms with E-state index in [1.165, 1.54) is 0 Å². The molecule has 0 spiro atoms. The van der Waals surface area contributed by atoms with Gasteiger partial charge in [0, 0.05) is 14.5 Å².